The maximum absolute atomic E-state index is 11.6. The first-order valence-corrected chi connectivity index (χ1v) is 5.82. The van der Waals surface area contributed by atoms with Crippen LogP contribution < -0.4 is 0 Å². The molecule has 0 saturated carbocycles. The summed E-state index contributed by atoms with van der Waals surface area (Å²) in [5.74, 6) is -0.541. The molecular weight excluding hydrogens is 240 g/mol. The molecule has 0 heterocycles. The highest BCUT2D eigenvalue weighted by Gasteiger charge is 2.25. The number of benzene rings is 1. The zero-order valence-electron chi connectivity index (χ0n) is 10.2. The minimum Gasteiger partial charge on any atom is -0.313 e. The molecular formula is C15H12N2O2. The molecule has 0 aromatic heterocycles. The van der Waals surface area contributed by atoms with Gasteiger partial charge in [-0.1, -0.05) is 47.7 Å². The zero-order valence-corrected chi connectivity index (χ0v) is 10.2. The summed E-state index contributed by atoms with van der Waals surface area (Å²) >= 11 is 0. The van der Waals surface area contributed by atoms with Crippen LogP contribution in [0.4, 0.5) is 0 Å². The van der Waals surface area contributed by atoms with Gasteiger partial charge >= 0.3 is 5.97 Å². The van der Waals surface area contributed by atoms with E-state index >= 15 is 0 Å². The molecule has 0 saturated heterocycles. The van der Waals surface area contributed by atoms with Crippen LogP contribution in [0.2, 0.25) is 0 Å². The van der Waals surface area contributed by atoms with E-state index in [1.807, 2.05) is 18.2 Å². The Morgan fingerprint density at radius 3 is 2.79 bits per heavy atom. The summed E-state index contributed by atoms with van der Waals surface area (Å²) in [5, 5.41) is 12.8. The Hall–Kier alpha value is -2.67. The van der Waals surface area contributed by atoms with E-state index in [0.717, 1.165) is 0 Å². The highest BCUT2D eigenvalue weighted by Crippen LogP contribution is 2.24. The fourth-order valence-electron chi connectivity index (χ4n) is 1.64. The third-order valence-electron chi connectivity index (χ3n) is 2.73. The highest BCUT2D eigenvalue weighted by atomic mass is 16.7. The molecule has 0 N–H and O–H groups in total. The quantitative estimate of drug-likeness (QED) is 0.472. The Morgan fingerprint density at radius 1 is 1.37 bits per heavy atom. The second-order valence-electron chi connectivity index (χ2n) is 4.12. The lowest BCUT2D eigenvalue weighted by Crippen LogP contribution is -2.18. The van der Waals surface area contributed by atoms with Crippen molar-refractivity contribution >= 4 is 12.2 Å². The minimum atomic E-state index is -0.828. The van der Waals surface area contributed by atoms with Crippen molar-refractivity contribution in [2.45, 2.75) is 6.42 Å². The molecule has 0 fully saturated rings. The van der Waals surface area contributed by atoms with Gasteiger partial charge in [0.1, 0.15) is 5.41 Å². The number of oxime groups is 1. The summed E-state index contributed by atoms with van der Waals surface area (Å²) in [6.45, 7) is 0. The zero-order chi connectivity index (χ0) is 13.6. The predicted molar refractivity (Wildman–Crippen MR) is 71.3 cm³/mol. The normalized spacial score (nSPS) is 21.2. The van der Waals surface area contributed by atoms with Gasteiger partial charge < -0.3 is 4.84 Å². The molecule has 0 aliphatic heterocycles. The number of hydrogen-bond acceptors (Lipinski definition) is 4. The number of carbonyl (C=O) groups is 1. The number of carbonyl (C=O) groups excluding carboxylic acids is 1. The molecule has 0 amide bonds. The van der Waals surface area contributed by atoms with Crippen LogP contribution in [0.15, 0.2) is 59.8 Å². The first-order valence-electron chi connectivity index (χ1n) is 5.82. The number of nitrogens with zero attached hydrogens (tertiary/aromatic N) is 2. The van der Waals surface area contributed by atoms with E-state index < -0.39 is 11.4 Å². The second-order valence-corrected chi connectivity index (χ2v) is 4.12. The van der Waals surface area contributed by atoms with Crippen molar-refractivity contribution in [1.29, 1.82) is 5.26 Å². The number of rotatable bonds is 3. The van der Waals surface area contributed by atoms with Gasteiger partial charge in [0.15, 0.2) is 0 Å². The van der Waals surface area contributed by atoms with Gasteiger partial charge in [0.25, 0.3) is 0 Å². The van der Waals surface area contributed by atoms with Crippen molar-refractivity contribution in [2.24, 2.45) is 10.6 Å². The third kappa shape index (κ3) is 3.17. The lowest BCUT2D eigenvalue weighted by Gasteiger charge is -2.16. The van der Waals surface area contributed by atoms with Gasteiger partial charge in [0.2, 0.25) is 0 Å². The van der Waals surface area contributed by atoms with E-state index in [1.54, 1.807) is 36.4 Å². The Balaban J connectivity index is 2.01. The van der Waals surface area contributed by atoms with Crippen LogP contribution in [0, 0.1) is 16.7 Å². The molecule has 1 atom stereocenters. The maximum atomic E-state index is 11.6. The lowest BCUT2D eigenvalue weighted by atomic mass is 9.85. The summed E-state index contributed by atoms with van der Waals surface area (Å²) in [6, 6.07) is 10.7. The Kier molecular flexibility index (Phi) is 3.89. The Bertz CT molecular complexity index is 582. The molecule has 1 aliphatic rings. The maximum Gasteiger partial charge on any atom is 0.365 e. The molecule has 1 unspecified atom stereocenters. The lowest BCUT2D eigenvalue weighted by molar-refractivity contribution is 0.0516. The average Bonchev–Trinajstić information content (AvgIpc) is 2.49. The topological polar surface area (TPSA) is 62.4 Å². The average molecular weight is 252 g/mol. The van der Waals surface area contributed by atoms with Gasteiger partial charge in [-0.25, -0.2) is 4.79 Å². The van der Waals surface area contributed by atoms with Gasteiger partial charge in [0, 0.05) is 0 Å². The number of nitriles is 1. The molecule has 1 aliphatic carbocycles. The predicted octanol–water partition coefficient (Wildman–Crippen LogP) is 2.86. The number of allylic oxidation sites excluding steroid dienone is 4. The first kappa shape index (κ1) is 12.8. The van der Waals surface area contributed by atoms with Crippen LogP contribution in [0.5, 0.6) is 0 Å². The third-order valence-corrected chi connectivity index (χ3v) is 2.73. The summed E-state index contributed by atoms with van der Waals surface area (Å²) in [5.41, 5.74) is -0.407. The monoisotopic (exact) mass is 252 g/mol. The van der Waals surface area contributed by atoms with Crippen LogP contribution in [0.3, 0.4) is 0 Å². The molecule has 0 spiro atoms. The molecule has 1 aromatic carbocycles. The molecule has 4 heteroatoms. The van der Waals surface area contributed by atoms with E-state index in [4.69, 9.17) is 10.1 Å². The van der Waals surface area contributed by atoms with E-state index in [-0.39, 0.29) is 0 Å². The van der Waals surface area contributed by atoms with E-state index in [2.05, 4.69) is 11.2 Å². The molecule has 94 valence electrons. The summed E-state index contributed by atoms with van der Waals surface area (Å²) in [4.78, 5) is 16.4. The molecule has 4 nitrogen and oxygen atoms in total. The molecule has 0 bridgehead atoms. The Morgan fingerprint density at radius 2 is 2.16 bits per heavy atom. The van der Waals surface area contributed by atoms with Crippen LogP contribution in [-0.2, 0) is 4.84 Å². The van der Waals surface area contributed by atoms with Crippen LogP contribution >= 0.6 is 0 Å². The van der Waals surface area contributed by atoms with E-state index in [9.17, 15) is 4.79 Å². The van der Waals surface area contributed by atoms with Crippen LogP contribution in [0.1, 0.15) is 16.8 Å². The van der Waals surface area contributed by atoms with Crippen molar-refractivity contribution < 1.29 is 9.63 Å². The van der Waals surface area contributed by atoms with Crippen molar-refractivity contribution in [1.82, 2.24) is 0 Å². The molecule has 1 aromatic rings. The SMILES string of the molecule is N#CC1(C=NOC(=O)c2ccccc2)C=CC=CC1. The summed E-state index contributed by atoms with van der Waals surface area (Å²) < 4.78 is 0. The Labute approximate surface area is 111 Å². The standard InChI is InChI=1S/C15H12N2O2/c16-11-15(9-5-2-6-10-15)12-17-19-14(18)13-7-3-1-4-8-13/h1-9,12H,10H2. The summed E-state index contributed by atoms with van der Waals surface area (Å²) in [6.07, 6.45) is 9.11. The van der Waals surface area contributed by atoms with Gasteiger partial charge in [0.05, 0.1) is 17.8 Å². The second kappa shape index (κ2) is 5.78. The van der Waals surface area contributed by atoms with Crippen LogP contribution in [0.25, 0.3) is 0 Å². The summed E-state index contributed by atoms with van der Waals surface area (Å²) in [7, 11) is 0. The van der Waals surface area contributed by atoms with Gasteiger partial charge in [-0.3, -0.25) is 0 Å². The largest absolute Gasteiger partial charge is 0.365 e. The molecule has 2 rings (SSSR count). The fraction of sp³-hybridized carbons (Fsp3) is 0.133. The minimum absolute atomic E-state index is 0.421. The number of hydrogen-bond donors (Lipinski definition) is 0. The highest BCUT2D eigenvalue weighted by molar-refractivity contribution is 5.89. The molecule has 0 radical (unpaired) electrons. The van der Waals surface area contributed by atoms with Gasteiger partial charge in [-0.15, -0.1) is 0 Å². The van der Waals surface area contributed by atoms with Crippen LogP contribution in [-0.4, -0.2) is 12.2 Å². The fourth-order valence-corrected chi connectivity index (χ4v) is 1.64. The smallest absolute Gasteiger partial charge is 0.313 e. The molecule has 19 heavy (non-hydrogen) atoms. The first-order chi connectivity index (χ1) is 9.26. The van der Waals surface area contributed by atoms with Gasteiger partial charge in [-0.2, -0.15) is 5.26 Å². The van der Waals surface area contributed by atoms with Crippen molar-refractivity contribution in [3.63, 3.8) is 0 Å². The van der Waals surface area contributed by atoms with Gasteiger partial charge in [-0.05, 0) is 18.6 Å². The van der Waals surface area contributed by atoms with Crippen molar-refractivity contribution in [3.05, 3.63) is 60.2 Å². The van der Waals surface area contributed by atoms with E-state index in [1.165, 1.54) is 6.21 Å². The van der Waals surface area contributed by atoms with E-state index in [0.29, 0.717) is 12.0 Å². The van der Waals surface area contributed by atoms with Crippen molar-refractivity contribution in [3.8, 4) is 6.07 Å². The van der Waals surface area contributed by atoms with Crippen molar-refractivity contribution in [2.75, 3.05) is 0 Å².